The first-order valence-electron chi connectivity index (χ1n) is 12.7. The highest BCUT2D eigenvalue weighted by molar-refractivity contribution is 7.90. The van der Waals surface area contributed by atoms with E-state index in [0.29, 0.717) is 11.4 Å². The number of benzene rings is 3. The van der Waals surface area contributed by atoms with Gasteiger partial charge >= 0.3 is 0 Å². The minimum atomic E-state index is -4.16. The van der Waals surface area contributed by atoms with Crippen molar-refractivity contribution in [2.75, 3.05) is 10.2 Å². The Hall–Kier alpha value is -4.69. The summed E-state index contributed by atoms with van der Waals surface area (Å²) in [5, 5.41) is 6.58. The lowest BCUT2D eigenvalue weighted by atomic mass is 10.1. The Bertz CT molecular complexity index is 1820. The summed E-state index contributed by atoms with van der Waals surface area (Å²) >= 11 is 5.70. The van der Waals surface area contributed by atoms with E-state index < -0.39 is 33.7 Å². The number of rotatable bonds is 8. The average molecular weight is 609 g/mol. The molecule has 2 amide bonds. The van der Waals surface area contributed by atoms with Crippen LogP contribution in [0.2, 0.25) is 0 Å². The molecule has 2 heterocycles. The van der Waals surface area contributed by atoms with Crippen LogP contribution >= 0.6 is 12.2 Å². The molecule has 0 spiro atoms. The summed E-state index contributed by atoms with van der Waals surface area (Å²) in [6.45, 7) is 1.68. The standard InChI is InChI=1S/C28H25FN6O5S2/c1-18-8-14-22(15-9-18)42(38,39)31-26-24(33(2)32-40-26)17-34-23(16-25(36)30-20-12-10-19(29)11-13-20)27(37)35(28(34)41)21-6-4-3-5-7-21/h3-15,23H,16-17H2,1-2H3,(H,30,36)/b31-26-. The van der Waals surface area contributed by atoms with Gasteiger partial charge in [0.25, 0.3) is 27.2 Å². The molecule has 1 unspecified atom stereocenters. The van der Waals surface area contributed by atoms with Gasteiger partial charge in [0.2, 0.25) is 5.91 Å². The molecule has 0 radical (unpaired) electrons. The molecular weight excluding hydrogens is 583 g/mol. The normalized spacial score (nSPS) is 15.9. The largest absolute Gasteiger partial charge is 0.486 e. The van der Waals surface area contributed by atoms with Crippen LogP contribution in [0.3, 0.4) is 0 Å². The summed E-state index contributed by atoms with van der Waals surface area (Å²) in [4.78, 5) is 29.5. The molecule has 216 valence electrons. The van der Waals surface area contributed by atoms with Gasteiger partial charge in [-0.1, -0.05) is 35.9 Å². The molecule has 14 heteroatoms. The number of amides is 2. The maximum atomic E-state index is 13.7. The van der Waals surface area contributed by atoms with Crippen LogP contribution in [0, 0.1) is 12.7 Å². The number of para-hydroxylation sites is 1. The predicted molar refractivity (Wildman–Crippen MR) is 153 cm³/mol. The second-order valence-corrected chi connectivity index (χ2v) is 11.5. The molecule has 0 bridgehead atoms. The maximum Gasteiger partial charge on any atom is 0.289 e. The molecule has 1 aromatic heterocycles. The van der Waals surface area contributed by atoms with Crippen molar-refractivity contribution in [3.63, 3.8) is 0 Å². The Labute approximate surface area is 245 Å². The minimum absolute atomic E-state index is 0.0319. The lowest BCUT2D eigenvalue weighted by molar-refractivity contribution is -0.752. The summed E-state index contributed by atoms with van der Waals surface area (Å²) in [5.41, 5.74) is 1.65. The summed E-state index contributed by atoms with van der Waals surface area (Å²) in [6.07, 6.45) is -0.303. The first-order chi connectivity index (χ1) is 20.0. The second kappa shape index (κ2) is 11.7. The SMILES string of the molecule is Cc1ccc(S(=O)(=O)/N=c2\o[n-][n+](C)c2CN2C(=S)N(c3ccccc3)C(=O)C2CC(=O)Nc2ccc(F)cc2)cc1. The zero-order valence-corrected chi connectivity index (χ0v) is 24.1. The van der Waals surface area contributed by atoms with Gasteiger partial charge in [0.15, 0.2) is 5.11 Å². The van der Waals surface area contributed by atoms with E-state index in [2.05, 4.69) is 15.0 Å². The van der Waals surface area contributed by atoms with E-state index in [-0.39, 0.29) is 34.2 Å². The Morgan fingerprint density at radius 1 is 1.10 bits per heavy atom. The van der Waals surface area contributed by atoms with Gasteiger partial charge in [0.1, 0.15) is 25.5 Å². The number of carbonyl (C=O) groups is 2. The number of nitrogens with zero attached hydrogens (tertiary/aromatic N) is 5. The van der Waals surface area contributed by atoms with Crippen molar-refractivity contribution in [2.24, 2.45) is 11.4 Å². The Morgan fingerprint density at radius 3 is 2.43 bits per heavy atom. The maximum absolute atomic E-state index is 13.7. The van der Waals surface area contributed by atoms with E-state index in [1.54, 1.807) is 42.5 Å². The number of thiocarbonyl (C=S) groups is 1. The summed E-state index contributed by atoms with van der Waals surface area (Å²) in [7, 11) is -2.63. The molecular formula is C28H25FN6O5S2. The number of aromatic nitrogens is 2. The Kier molecular flexibility index (Phi) is 8.00. The molecule has 4 aromatic rings. The monoisotopic (exact) mass is 608 g/mol. The van der Waals surface area contributed by atoms with Crippen LogP contribution in [-0.2, 0) is 33.2 Å². The van der Waals surface area contributed by atoms with Gasteiger partial charge in [-0.15, -0.1) is 4.40 Å². The first kappa shape index (κ1) is 28.8. The molecule has 1 N–H and O–H groups in total. The molecule has 0 aliphatic carbocycles. The number of hydrogen-bond acceptors (Lipinski definition) is 6. The molecule has 1 aliphatic heterocycles. The Balaban J connectivity index is 1.49. The van der Waals surface area contributed by atoms with Crippen molar-refractivity contribution < 1.29 is 31.6 Å². The first-order valence-corrected chi connectivity index (χ1v) is 14.5. The van der Waals surface area contributed by atoms with Crippen molar-refractivity contribution in [3.8, 4) is 0 Å². The third-order valence-electron chi connectivity index (χ3n) is 6.57. The zero-order valence-electron chi connectivity index (χ0n) is 22.5. The van der Waals surface area contributed by atoms with Crippen LogP contribution in [0.5, 0.6) is 0 Å². The number of hydrogen-bond donors (Lipinski definition) is 1. The van der Waals surface area contributed by atoms with Gasteiger partial charge in [-0.05, 0) is 67.7 Å². The van der Waals surface area contributed by atoms with Crippen LogP contribution in [-0.4, -0.2) is 36.3 Å². The smallest absolute Gasteiger partial charge is 0.289 e. The van der Waals surface area contributed by atoms with Gasteiger partial charge in [-0.2, -0.15) is 8.42 Å². The number of carbonyl (C=O) groups excluding carboxylic acids is 2. The van der Waals surface area contributed by atoms with Crippen molar-refractivity contribution in [2.45, 2.75) is 30.8 Å². The van der Waals surface area contributed by atoms with Crippen molar-refractivity contribution in [3.05, 3.63) is 101 Å². The lowest BCUT2D eigenvalue weighted by Gasteiger charge is -2.22. The average Bonchev–Trinajstić information content (AvgIpc) is 3.41. The lowest BCUT2D eigenvalue weighted by Crippen LogP contribution is -2.45. The van der Waals surface area contributed by atoms with Gasteiger partial charge in [-0.3, -0.25) is 19.8 Å². The summed E-state index contributed by atoms with van der Waals surface area (Å²) < 4.78 is 49.8. The van der Waals surface area contributed by atoms with E-state index in [9.17, 15) is 22.4 Å². The van der Waals surface area contributed by atoms with Crippen LogP contribution < -0.4 is 25.7 Å². The summed E-state index contributed by atoms with van der Waals surface area (Å²) in [6, 6.07) is 19.0. The molecule has 1 atom stereocenters. The van der Waals surface area contributed by atoms with E-state index >= 15 is 0 Å². The number of nitrogens with one attached hydrogen (secondary N) is 1. The fourth-order valence-corrected chi connectivity index (χ4v) is 5.69. The highest BCUT2D eigenvalue weighted by Crippen LogP contribution is 2.28. The van der Waals surface area contributed by atoms with Crippen molar-refractivity contribution in [1.29, 1.82) is 0 Å². The molecule has 5 rings (SSSR count). The topological polar surface area (TPSA) is 130 Å². The highest BCUT2D eigenvalue weighted by atomic mass is 32.2. The van der Waals surface area contributed by atoms with Crippen molar-refractivity contribution in [1.82, 2.24) is 10.2 Å². The van der Waals surface area contributed by atoms with Crippen molar-refractivity contribution >= 4 is 50.5 Å². The zero-order chi connectivity index (χ0) is 30.0. The van der Waals surface area contributed by atoms with Crippen LogP contribution in [0.15, 0.2) is 92.7 Å². The molecule has 1 aliphatic rings. The molecule has 0 saturated carbocycles. The number of sulfonamides is 1. The molecule has 3 aromatic carbocycles. The number of halogens is 1. The van der Waals surface area contributed by atoms with E-state index in [1.807, 2.05) is 6.92 Å². The highest BCUT2D eigenvalue weighted by Gasteiger charge is 2.45. The van der Waals surface area contributed by atoms with Crippen LogP contribution in [0.1, 0.15) is 17.7 Å². The number of anilines is 2. The minimum Gasteiger partial charge on any atom is -0.486 e. The van der Waals surface area contributed by atoms with E-state index in [1.165, 1.54) is 57.9 Å². The van der Waals surface area contributed by atoms with Gasteiger partial charge in [0, 0.05) is 5.69 Å². The van der Waals surface area contributed by atoms with E-state index in [4.69, 9.17) is 16.7 Å². The summed E-state index contributed by atoms with van der Waals surface area (Å²) in [5.74, 6) is -1.42. The third-order valence-corrected chi connectivity index (χ3v) is 8.26. The van der Waals surface area contributed by atoms with Gasteiger partial charge < -0.3 is 14.7 Å². The van der Waals surface area contributed by atoms with Crippen LogP contribution in [0.4, 0.5) is 15.8 Å². The Morgan fingerprint density at radius 2 is 1.76 bits per heavy atom. The van der Waals surface area contributed by atoms with Gasteiger partial charge in [0.05, 0.1) is 17.0 Å². The van der Waals surface area contributed by atoms with Gasteiger partial charge in [-0.25, -0.2) is 9.07 Å². The number of aryl methyl sites for hydroxylation is 2. The molecule has 11 nitrogen and oxygen atoms in total. The molecule has 42 heavy (non-hydrogen) atoms. The second-order valence-electron chi connectivity index (χ2n) is 9.52. The predicted octanol–water partition coefficient (Wildman–Crippen LogP) is 2.33. The molecule has 1 saturated heterocycles. The quantitative estimate of drug-likeness (QED) is 0.238. The third kappa shape index (κ3) is 5.99. The fourth-order valence-electron chi connectivity index (χ4n) is 4.36. The molecule has 1 fully saturated rings. The fraction of sp³-hybridized carbons (Fsp3) is 0.179. The van der Waals surface area contributed by atoms with Crippen LogP contribution in [0.25, 0.3) is 0 Å². The van der Waals surface area contributed by atoms with E-state index in [0.717, 1.165) is 5.56 Å².